The van der Waals surface area contributed by atoms with E-state index in [9.17, 15) is 4.79 Å². The fraction of sp³-hybridized carbons (Fsp3) is 0.375. The first-order valence-electron chi connectivity index (χ1n) is 3.76. The lowest BCUT2D eigenvalue weighted by Gasteiger charge is -2.01. The summed E-state index contributed by atoms with van der Waals surface area (Å²) in [4.78, 5) is 17.8. The van der Waals surface area contributed by atoms with E-state index in [1.807, 2.05) is 0 Å². The van der Waals surface area contributed by atoms with E-state index in [1.54, 1.807) is 7.11 Å². The van der Waals surface area contributed by atoms with Gasteiger partial charge in [0, 0.05) is 19.5 Å². The molecule has 0 saturated carbocycles. The molecule has 1 aromatic heterocycles. The van der Waals surface area contributed by atoms with Crippen LogP contribution in [0.1, 0.15) is 10.4 Å². The van der Waals surface area contributed by atoms with Gasteiger partial charge in [-0.25, -0.2) is 9.97 Å². The molecule has 1 aromatic rings. The summed E-state index contributed by atoms with van der Waals surface area (Å²) in [7, 11) is 1.58. The summed E-state index contributed by atoms with van der Waals surface area (Å²) >= 11 is 0. The molecule has 0 aromatic carbocycles. The molecule has 0 atom stereocenters. The monoisotopic (exact) mass is 182 g/mol. The average molecular weight is 182 g/mol. The van der Waals surface area contributed by atoms with Crippen molar-refractivity contribution >= 4 is 6.29 Å². The summed E-state index contributed by atoms with van der Waals surface area (Å²) in [6.07, 6.45) is 3.49. The number of carbonyl (C=O) groups is 1. The predicted octanol–water partition coefficient (Wildman–Crippen LogP) is 0.314. The second-order valence-electron chi connectivity index (χ2n) is 2.26. The van der Waals surface area contributed by atoms with Crippen LogP contribution in [0.4, 0.5) is 0 Å². The molecule has 5 heteroatoms. The highest BCUT2D eigenvalue weighted by Crippen LogP contribution is 1.99. The highest BCUT2D eigenvalue weighted by molar-refractivity contribution is 5.73. The Morgan fingerprint density at radius 2 is 2.08 bits per heavy atom. The fourth-order valence-electron chi connectivity index (χ4n) is 0.678. The van der Waals surface area contributed by atoms with E-state index in [0.29, 0.717) is 25.1 Å². The van der Waals surface area contributed by atoms with Gasteiger partial charge in [0.25, 0.3) is 0 Å². The van der Waals surface area contributed by atoms with Gasteiger partial charge >= 0.3 is 6.01 Å². The minimum Gasteiger partial charge on any atom is -0.461 e. The predicted molar refractivity (Wildman–Crippen MR) is 44.8 cm³/mol. The van der Waals surface area contributed by atoms with Crippen molar-refractivity contribution in [3.05, 3.63) is 18.0 Å². The van der Waals surface area contributed by atoms with Crippen LogP contribution in [0.5, 0.6) is 6.01 Å². The molecule has 0 fully saturated rings. The molecular weight excluding hydrogens is 172 g/mol. The van der Waals surface area contributed by atoms with Gasteiger partial charge in [-0.05, 0) is 0 Å². The molecule has 0 aliphatic heterocycles. The summed E-state index contributed by atoms with van der Waals surface area (Å²) < 4.78 is 9.85. The fourth-order valence-corrected chi connectivity index (χ4v) is 0.678. The Kier molecular flexibility index (Phi) is 3.84. The normalized spacial score (nSPS) is 9.62. The number of hydrogen-bond donors (Lipinski definition) is 0. The molecule has 0 amide bonds. The molecule has 0 bridgehead atoms. The van der Waals surface area contributed by atoms with E-state index in [-0.39, 0.29) is 6.01 Å². The maximum Gasteiger partial charge on any atom is 0.316 e. The van der Waals surface area contributed by atoms with E-state index >= 15 is 0 Å². The molecule has 0 spiro atoms. The Balaban J connectivity index is 2.44. The Morgan fingerprint density at radius 3 is 2.62 bits per heavy atom. The standard InChI is InChI=1S/C8H10N2O3/c1-12-2-3-13-8-9-4-7(6-11)5-10-8/h4-6H,2-3H2,1H3. The van der Waals surface area contributed by atoms with Gasteiger partial charge in [0.05, 0.1) is 12.2 Å². The van der Waals surface area contributed by atoms with Crippen LogP contribution < -0.4 is 4.74 Å². The molecule has 1 rings (SSSR count). The molecule has 1 heterocycles. The van der Waals surface area contributed by atoms with Gasteiger partial charge in [-0.2, -0.15) is 0 Å². The maximum absolute atomic E-state index is 10.2. The van der Waals surface area contributed by atoms with Crippen molar-refractivity contribution in [1.29, 1.82) is 0 Å². The lowest BCUT2D eigenvalue weighted by Crippen LogP contribution is -2.06. The SMILES string of the molecule is COCCOc1ncc(C=O)cn1. The van der Waals surface area contributed by atoms with Gasteiger partial charge in [0.1, 0.15) is 6.61 Å². The zero-order chi connectivity index (χ0) is 9.52. The summed E-state index contributed by atoms with van der Waals surface area (Å²) in [6.45, 7) is 0.885. The minimum atomic E-state index is 0.252. The number of carbonyl (C=O) groups excluding carboxylic acids is 1. The van der Waals surface area contributed by atoms with E-state index in [4.69, 9.17) is 9.47 Å². The third kappa shape index (κ3) is 3.16. The van der Waals surface area contributed by atoms with Crippen LogP contribution in [-0.2, 0) is 4.74 Å². The molecule has 0 aliphatic rings. The molecule has 0 aliphatic carbocycles. The van der Waals surface area contributed by atoms with E-state index in [2.05, 4.69) is 9.97 Å². The Bertz CT molecular complexity index is 261. The van der Waals surface area contributed by atoms with Crippen LogP contribution in [0.2, 0.25) is 0 Å². The second kappa shape index (κ2) is 5.21. The highest BCUT2D eigenvalue weighted by atomic mass is 16.5. The smallest absolute Gasteiger partial charge is 0.316 e. The molecule has 5 nitrogen and oxygen atoms in total. The molecule has 13 heavy (non-hydrogen) atoms. The third-order valence-corrected chi connectivity index (χ3v) is 1.30. The minimum absolute atomic E-state index is 0.252. The van der Waals surface area contributed by atoms with Crippen molar-refractivity contribution in [2.45, 2.75) is 0 Å². The zero-order valence-corrected chi connectivity index (χ0v) is 7.27. The molecule has 0 N–H and O–H groups in total. The molecule has 0 radical (unpaired) electrons. The highest BCUT2D eigenvalue weighted by Gasteiger charge is 1.96. The van der Waals surface area contributed by atoms with E-state index in [1.165, 1.54) is 12.4 Å². The van der Waals surface area contributed by atoms with Crippen molar-refractivity contribution in [3.63, 3.8) is 0 Å². The van der Waals surface area contributed by atoms with Gasteiger partial charge in [-0.15, -0.1) is 0 Å². The number of nitrogens with zero attached hydrogens (tertiary/aromatic N) is 2. The summed E-state index contributed by atoms with van der Waals surface area (Å²) in [6, 6.07) is 0.252. The van der Waals surface area contributed by atoms with E-state index in [0.717, 1.165) is 0 Å². The van der Waals surface area contributed by atoms with Crippen molar-refractivity contribution in [2.24, 2.45) is 0 Å². The van der Waals surface area contributed by atoms with Crippen LogP contribution in [0.15, 0.2) is 12.4 Å². The number of hydrogen-bond acceptors (Lipinski definition) is 5. The quantitative estimate of drug-likeness (QED) is 0.484. The molecule has 0 saturated heterocycles. The Labute approximate surface area is 75.7 Å². The van der Waals surface area contributed by atoms with E-state index < -0.39 is 0 Å². The number of rotatable bonds is 5. The third-order valence-electron chi connectivity index (χ3n) is 1.30. The van der Waals surface area contributed by atoms with Crippen LogP contribution in [0.25, 0.3) is 0 Å². The van der Waals surface area contributed by atoms with Crippen molar-refractivity contribution in [2.75, 3.05) is 20.3 Å². The Morgan fingerprint density at radius 1 is 1.38 bits per heavy atom. The molecule has 70 valence electrons. The number of methoxy groups -OCH3 is 1. The molecular formula is C8H10N2O3. The number of ether oxygens (including phenoxy) is 2. The van der Waals surface area contributed by atoms with Crippen LogP contribution in [-0.4, -0.2) is 36.6 Å². The van der Waals surface area contributed by atoms with Gasteiger partial charge in [0.2, 0.25) is 0 Å². The van der Waals surface area contributed by atoms with Crippen LogP contribution >= 0.6 is 0 Å². The lowest BCUT2D eigenvalue weighted by molar-refractivity contribution is 0.112. The first-order valence-corrected chi connectivity index (χ1v) is 3.76. The maximum atomic E-state index is 10.2. The first kappa shape index (κ1) is 9.60. The zero-order valence-electron chi connectivity index (χ0n) is 7.27. The number of aromatic nitrogens is 2. The van der Waals surface area contributed by atoms with Crippen LogP contribution in [0.3, 0.4) is 0 Å². The summed E-state index contributed by atoms with van der Waals surface area (Å²) in [5, 5.41) is 0. The topological polar surface area (TPSA) is 61.3 Å². The number of aldehydes is 1. The van der Waals surface area contributed by atoms with Gasteiger partial charge in [-0.1, -0.05) is 0 Å². The average Bonchev–Trinajstić information content (AvgIpc) is 2.19. The summed E-state index contributed by atoms with van der Waals surface area (Å²) in [5.74, 6) is 0. The Hall–Kier alpha value is -1.49. The summed E-state index contributed by atoms with van der Waals surface area (Å²) in [5.41, 5.74) is 0.430. The van der Waals surface area contributed by atoms with Crippen LogP contribution in [0, 0.1) is 0 Å². The first-order chi connectivity index (χ1) is 6.36. The largest absolute Gasteiger partial charge is 0.461 e. The van der Waals surface area contributed by atoms with Gasteiger partial charge < -0.3 is 9.47 Å². The molecule has 0 unspecified atom stereocenters. The van der Waals surface area contributed by atoms with Gasteiger partial charge in [0.15, 0.2) is 6.29 Å². The van der Waals surface area contributed by atoms with Crippen molar-refractivity contribution in [1.82, 2.24) is 9.97 Å². The van der Waals surface area contributed by atoms with Crippen molar-refractivity contribution in [3.8, 4) is 6.01 Å². The second-order valence-corrected chi connectivity index (χ2v) is 2.26. The lowest BCUT2D eigenvalue weighted by atomic mass is 10.4. The van der Waals surface area contributed by atoms with Crippen molar-refractivity contribution < 1.29 is 14.3 Å². The van der Waals surface area contributed by atoms with Gasteiger partial charge in [-0.3, -0.25) is 4.79 Å².